The largest absolute Gasteiger partial charge is 0.550 e. The van der Waals surface area contributed by atoms with Gasteiger partial charge in [0.2, 0.25) is 0 Å². The van der Waals surface area contributed by atoms with Crippen LogP contribution in [0.5, 0.6) is 0 Å². The zero-order chi connectivity index (χ0) is 14.5. The second-order valence-electron chi connectivity index (χ2n) is 4.88. The SMILES string of the molecule is O=C([O-])CC[NH+]1CCN(c2ccc([N+](=O)[O-])cc2)CC1. The number of quaternary nitrogens is 1. The Balaban J connectivity index is 1.87. The van der Waals surface area contributed by atoms with E-state index in [4.69, 9.17) is 0 Å². The van der Waals surface area contributed by atoms with E-state index in [1.807, 2.05) is 0 Å². The summed E-state index contributed by atoms with van der Waals surface area (Å²) < 4.78 is 0. The monoisotopic (exact) mass is 279 g/mol. The lowest BCUT2D eigenvalue weighted by Crippen LogP contribution is -3.15. The van der Waals surface area contributed by atoms with Crippen LogP contribution in [0.4, 0.5) is 11.4 Å². The summed E-state index contributed by atoms with van der Waals surface area (Å²) in [5, 5.41) is 21.0. The minimum atomic E-state index is -1.00. The van der Waals surface area contributed by atoms with Crippen molar-refractivity contribution in [3.05, 3.63) is 34.4 Å². The second-order valence-corrected chi connectivity index (χ2v) is 4.88. The maximum absolute atomic E-state index is 10.6. The molecule has 1 aromatic rings. The summed E-state index contributed by atoms with van der Waals surface area (Å²) in [5.41, 5.74) is 1.06. The molecule has 1 aromatic carbocycles. The summed E-state index contributed by atoms with van der Waals surface area (Å²) in [6.07, 6.45) is 0.0901. The highest BCUT2D eigenvalue weighted by Gasteiger charge is 2.20. The van der Waals surface area contributed by atoms with Gasteiger partial charge < -0.3 is 19.7 Å². The van der Waals surface area contributed by atoms with E-state index in [1.54, 1.807) is 12.1 Å². The average Bonchev–Trinajstić information content (AvgIpc) is 2.46. The molecule has 1 aliphatic heterocycles. The van der Waals surface area contributed by atoms with E-state index in [0.29, 0.717) is 6.54 Å². The van der Waals surface area contributed by atoms with Gasteiger partial charge in [0, 0.05) is 30.2 Å². The van der Waals surface area contributed by atoms with Crippen LogP contribution in [-0.2, 0) is 4.79 Å². The molecule has 2 rings (SSSR count). The Morgan fingerprint density at radius 3 is 2.35 bits per heavy atom. The fourth-order valence-electron chi connectivity index (χ4n) is 2.40. The van der Waals surface area contributed by atoms with Gasteiger partial charge in [0.05, 0.1) is 37.6 Å². The Kier molecular flexibility index (Phi) is 4.52. The number of carboxylic acid groups (broad SMARTS) is 1. The number of rotatable bonds is 5. The van der Waals surface area contributed by atoms with Gasteiger partial charge >= 0.3 is 0 Å². The molecule has 0 saturated carbocycles. The van der Waals surface area contributed by atoms with Crippen LogP contribution in [0.15, 0.2) is 24.3 Å². The van der Waals surface area contributed by atoms with Crippen molar-refractivity contribution < 1.29 is 19.7 Å². The normalized spacial score (nSPS) is 16.1. The van der Waals surface area contributed by atoms with Gasteiger partial charge in [-0.15, -0.1) is 0 Å². The molecule has 0 atom stereocenters. The number of carboxylic acids is 1. The van der Waals surface area contributed by atoms with Crippen LogP contribution >= 0.6 is 0 Å². The van der Waals surface area contributed by atoms with E-state index in [-0.39, 0.29) is 12.1 Å². The fraction of sp³-hybridized carbons (Fsp3) is 0.462. The molecule has 7 nitrogen and oxygen atoms in total. The quantitative estimate of drug-likeness (QED) is 0.520. The zero-order valence-electron chi connectivity index (χ0n) is 11.1. The lowest BCUT2D eigenvalue weighted by atomic mass is 10.2. The van der Waals surface area contributed by atoms with Crippen molar-refractivity contribution in [3.8, 4) is 0 Å². The first-order valence-corrected chi connectivity index (χ1v) is 6.59. The minimum Gasteiger partial charge on any atom is -0.550 e. The van der Waals surface area contributed by atoms with Crippen molar-refractivity contribution in [3.63, 3.8) is 0 Å². The molecule has 108 valence electrons. The molecule has 1 heterocycles. The maximum atomic E-state index is 10.6. The molecule has 7 heteroatoms. The van der Waals surface area contributed by atoms with E-state index in [9.17, 15) is 20.0 Å². The molecule has 1 N–H and O–H groups in total. The zero-order valence-corrected chi connectivity index (χ0v) is 11.1. The average molecular weight is 279 g/mol. The predicted molar refractivity (Wildman–Crippen MR) is 70.5 cm³/mol. The Labute approximate surface area is 116 Å². The Morgan fingerprint density at radius 1 is 1.25 bits per heavy atom. The minimum absolute atomic E-state index is 0.0898. The number of nitrogens with zero attached hydrogens (tertiary/aromatic N) is 2. The second kappa shape index (κ2) is 6.33. The van der Waals surface area contributed by atoms with Gasteiger partial charge in [-0.1, -0.05) is 0 Å². The first-order valence-electron chi connectivity index (χ1n) is 6.59. The fourth-order valence-corrected chi connectivity index (χ4v) is 2.40. The van der Waals surface area contributed by atoms with Crippen LogP contribution < -0.4 is 14.9 Å². The van der Waals surface area contributed by atoms with Gasteiger partial charge in [0.1, 0.15) is 0 Å². The first-order chi connectivity index (χ1) is 9.56. The molecule has 0 spiro atoms. The lowest BCUT2D eigenvalue weighted by molar-refractivity contribution is -0.900. The number of nitro benzene ring substituents is 1. The molecule has 0 radical (unpaired) electrons. The number of hydrogen-bond acceptors (Lipinski definition) is 5. The van der Waals surface area contributed by atoms with E-state index in [0.717, 1.165) is 31.9 Å². The van der Waals surface area contributed by atoms with Gasteiger partial charge in [-0.05, 0) is 12.1 Å². The molecule has 1 saturated heterocycles. The standard InChI is InChI=1S/C13H17N3O4/c17-13(18)5-6-14-7-9-15(10-8-14)11-1-3-12(4-2-11)16(19)20/h1-4H,5-10H2,(H,17,18). The lowest BCUT2D eigenvalue weighted by Gasteiger charge is -2.33. The number of anilines is 1. The van der Waals surface area contributed by atoms with Crippen LogP contribution in [0.3, 0.4) is 0 Å². The van der Waals surface area contributed by atoms with Crippen LogP contribution in [0, 0.1) is 10.1 Å². The summed E-state index contributed by atoms with van der Waals surface area (Å²) in [7, 11) is 0. The van der Waals surface area contributed by atoms with Crippen molar-refractivity contribution in [2.24, 2.45) is 0 Å². The van der Waals surface area contributed by atoms with Crippen LogP contribution in [0.2, 0.25) is 0 Å². The number of hydrogen-bond donors (Lipinski definition) is 1. The third kappa shape index (κ3) is 3.67. The first kappa shape index (κ1) is 14.3. The highest BCUT2D eigenvalue weighted by Crippen LogP contribution is 2.19. The van der Waals surface area contributed by atoms with Crippen molar-refractivity contribution in [1.29, 1.82) is 0 Å². The molecule has 1 aliphatic rings. The number of piperazine rings is 1. The molecule has 20 heavy (non-hydrogen) atoms. The number of benzene rings is 1. The number of nitrogens with one attached hydrogen (secondary N) is 1. The van der Waals surface area contributed by atoms with Crippen molar-refractivity contribution >= 4 is 17.3 Å². The third-order valence-electron chi connectivity index (χ3n) is 3.58. The van der Waals surface area contributed by atoms with E-state index in [2.05, 4.69) is 4.90 Å². The Bertz CT molecular complexity index is 481. The summed E-state index contributed by atoms with van der Waals surface area (Å²) in [4.78, 5) is 24.0. The molecular formula is C13H17N3O4. The number of carbonyl (C=O) groups excluding carboxylic acids is 1. The molecule has 0 unspecified atom stereocenters. The Hall–Kier alpha value is -2.15. The highest BCUT2D eigenvalue weighted by molar-refractivity contribution is 5.64. The van der Waals surface area contributed by atoms with Crippen molar-refractivity contribution in [1.82, 2.24) is 0 Å². The Morgan fingerprint density at radius 2 is 1.85 bits per heavy atom. The van der Waals surface area contributed by atoms with E-state index < -0.39 is 10.9 Å². The highest BCUT2D eigenvalue weighted by atomic mass is 16.6. The summed E-state index contributed by atoms with van der Waals surface area (Å²) in [5.74, 6) is -1.00. The summed E-state index contributed by atoms with van der Waals surface area (Å²) in [6, 6.07) is 6.52. The molecular weight excluding hydrogens is 262 g/mol. The number of nitro groups is 1. The molecule has 1 fully saturated rings. The topological polar surface area (TPSA) is 90.9 Å². The molecule has 0 aliphatic carbocycles. The van der Waals surface area contributed by atoms with Crippen molar-refractivity contribution in [2.75, 3.05) is 37.6 Å². The maximum Gasteiger partial charge on any atom is 0.269 e. The molecule has 0 bridgehead atoms. The van der Waals surface area contributed by atoms with E-state index in [1.165, 1.54) is 17.0 Å². The molecule has 0 aromatic heterocycles. The predicted octanol–water partition coefficient (Wildman–Crippen LogP) is -1.56. The van der Waals surface area contributed by atoms with Gasteiger partial charge in [-0.3, -0.25) is 10.1 Å². The van der Waals surface area contributed by atoms with Crippen LogP contribution in [0.25, 0.3) is 0 Å². The third-order valence-corrected chi connectivity index (χ3v) is 3.58. The van der Waals surface area contributed by atoms with Gasteiger partial charge in [-0.2, -0.15) is 0 Å². The van der Waals surface area contributed by atoms with Crippen LogP contribution in [-0.4, -0.2) is 43.6 Å². The van der Waals surface area contributed by atoms with Gasteiger partial charge in [0.25, 0.3) is 5.69 Å². The molecule has 0 amide bonds. The summed E-state index contributed by atoms with van der Waals surface area (Å²) in [6.45, 7) is 3.96. The van der Waals surface area contributed by atoms with Crippen molar-refractivity contribution in [2.45, 2.75) is 6.42 Å². The van der Waals surface area contributed by atoms with Gasteiger partial charge in [-0.25, -0.2) is 0 Å². The number of aliphatic carboxylic acids is 1. The van der Waals surface area contributed by atoms with E-state index >= 15 is 0 Å². The van der Waals surface area contributed by atoms with Gasteiger partial charge in [0.15, 0.2) is 0 Å². The van der Waals surface area contributed by atoms with Crippen LogP contribution in [0.1, 0.15) is 6.42 Å². The number of carbonyl (C=O) groups is 1. The number of non-ortho nitro benzene ring substituents is 1. The smallest absolute Gasteiger partial charge is 0.269 e. The summed E-state index contributed by atoms with van der Waals surface area (Å²) >= 11 is 0.